The molecule has 23 heavy (non-hydrogen) atoms. The summed E-state index contributed by atoms with van der Waals surface area (Å²) in [6.07, 6.45) is 0. The van der Waals surface area contributed by atoms with Crippen molar-refractivity contribution < 1.29 is 5.11 Å². The number of thiazole rings is 1. The zero-order valence-corrected chi connectivity index (χ0v) is 14.7. The average Bonchev–Trinajstić information content (AvgIpc) is 2.99. The van der Waals surface area contributed by atoms with Gasteiger partial charge in [-0.1, -0.05) is 24.3 Å². The summed E-state index contributed by atoms with van der Waals surface area (Å²) in [5, 5.41) is 18.8. The summed E-state index contributed by atoms with van der Waals surface area (Å²) in [6.45, 7) is 0. The Bertz CT molecular complexity index is 981. The fraction of sp³-hybridized carbons (Fsp3) is 0. The van der Waals surface area contributed by atoms with Crippen LogP contribution in [-0.2, 0) is 0 Å². The fourth-order valence-corrected chi connectivity index (χ4v) is 3.58. The van der Waals surface area contributed by atoms with Gasteiger partial charge in [0.05, 0.1) is 15.9 Å². The van der Waals surface area contributed by atoms with Crippen LogP contribution >= 0.6 is 33.9 Å². The molecule has 0 radical (unpaired) electrons. The lowest BCUT2D eigenvalue weighted by Gasteiger charge is -2.01. The van der Waals surface area contributed by atoms with Gasteiger partial charge in [0.1, 0.15) is 14.5 Å². The minimum atomic E-state index is 0.264. The number of phenolic OH excluding ortho intramolecular Hbond substituents is 1. The van der Waals surface area contributed by atoms with Crippen molar-refractivity contribution in [3.63, 3.8) is 0 Å². The van der Waals surface area contributed by atoms with E-state index in [-0.39, 0.29) is 5.75 Å². The summed E-state index contributed by atoms with van der Waals surface area (Å²) in [5.74, 6) is 0.264. The smallest absolute Gasteiger partial charge is 0.124 e. The van der Waals surface area contributed by atoms with Crippen molar-refractivity contribution in [2.45, 2.75) is 0 Å². The van der Waals surface area contributed by atoms with E-state index in [1.54, 1.807) is 23.5 Å². The maximum Gasteiger partial charge on any atom is 0.124 e. The Labute approximate surface area is 150 Å². The molecule has 0 saturated carbocycles. The standard InChI is InChI=1S/C17H10IN3OS/c18-16-8-7-13(20-21-16)10-1-3-11(4-2-10)17-19-14-6-5-12(22)9-15(14)23-17/h1-9,22H. The van der Waals surface area contributed by atoms with Crippen molar-refractivity contribution in [2.75, 3.05) is 0 Å². The molecule has 0 aliphatic heterocycles. The second-order valence-electron chi connectivity index (χ2n) is 4.99. The van der Waals surface area contributed by atoms with Gasteiger partial charge in [-0.15, -0.1) is 21.5 Å². The number of rotatable bonds is 2. The first-order valence-corrected chi connectivity index (χ1v) is 8.78. The zero-order chi connectivity index (χ0) is 15.8. The van der Waals surface area contributed by atoms with Crippen LogP contribution in [0.2, 0.25) is 0 Å². The second kappa shape index (κ2) is 5.86. The number of fused-ring (bicyclic) bond motifs is 1. The number of nitrogens with zero attached hydrogens (tertiary/aromatic N) is 3. The molecule has 0 fully saturated rings. The second-order valence-corrected chi connectivity index (χ2v) is 7.13. The lowest BCUT2D eigenvalue weighted by Crippen LogP contribution is -1.89. The molecule has 0 atom stereocenters. The fourth-order valence-electron chi connectivity index (χ4n) is 2.29. The minimum absolute atomic E-state index is 0.264. The van der Waals surface area contributed by atoms with Crippen LogP contribution in [0, 0.1) is 3.70 Å². The maximum atomic E-state index is 9.56. The molecule has 0 bridgehead atoms. The summed E-state index contributed by atoms with van der Waals surface area (Å²) < 4.78 is 1.85. The summed E-state index contributed by atoms with van der Waals surface area (Å²) in [5.41, 5.74) is 3.82. The third-order valence-electron chi connectivity index (χ3n) is 3.43. The molecule has 0 unspecified atom stereocenters. The Balaban J connectivity index is 1.70. The molecule has 4 aromatic rings. The van der Waals surface area contributed by atoms with E-state index in [1.165, 1.54) is 0 Å². The SMILES string of the molecule is Oc1ccc2nc(-c3ccc(-c4ccc(I)nn4)cc3)sc2c1. The van der Waals surface area contributed by atoms with Crippen LogP contribution < -0.4 is 0 Å². The molecule has 0 spiro atoms. The molecule has 2 aromatic carbocycles. The highest BCUT2D eigenvalue weighted by atomic mass is 127. The number of phenols is 1. The lowest BCUT2D eigenvalue weighted by molar-refractivity contribution is 0.476. The van der Waals surface area contributed by atoms with E-state index in [0.29, 0.717) is 0 Å². The highest BCUT2D eigenvalue weighted by Crippen LogP contribution is 2.32. The lowest BCUT2D eigenvalue weighted by atomic mass is 10.1. The topological polar surface area (TPSA) is 58.9 Å². The van der Waals surface area contributed by atoms with Gasteiger partial charge < -0.3 is 5.11 Å². The number of benzene rings is 2. The summed E-state index contributed by atoms with van der Waals surface area (Å²) in [6, 6.07) is 17.3. The van der Waals surface area contributed by atoms with E-state index in [2.05, 4.69) is 37.8 Å². The van der Waals surface area contributed by atoms with Gasteiger partial charge in [0.25, 0.3) is 0 Å². The van der Waals surface area contributed by atoms with E-state index in [4.69, 9.17) is 0 Å². The Morgan fingerprint density at radius 2 is 1.65 bits per heavy atom. The molecule has 2 aromatic heterocycles. The van der Waals surface area contributed by atoms with E-state index < -0.39 is 0 Å². The van der Waals surface area contributed by atoms with Gasteiger partial charge in [0.15, 0.2) is 0 Å². The summed E-state index contributed by atoms with van der Waals surface area (Å²) in [7, 11) is 0. The molecule has 0 amide bonds. The molecule has 2 heterocycles. The van der Waals surface area contributed by atoms with Crippen LogP contribution in [0.25, 0.3) is 32.0 Å². The van der Waals surface area contributed by atoms with Crippen molar-refractivity contribution in [1.82, 2.24) is 15.2 Å². The predicted molar refractivity (Wildman–Crippen MR) is 100 cm³/mol. The zero-order valence-electron chi connectivity index (χ0n) is 11.8. The van der Waals surface area contributed by atoms with E-state index in [1.807, 2.05) is 42.5 Å². The molecule has 0 aliphatic carbocycles. The third-order valence-corrected chi connectivity index (χ3v) is 5.07. The molecular formula is C17H10IN3OS. The number of halogens is 1. The van der Waals surface area contributed by atoms with E-state index in [0.717, 1.165) is 35.7 Å². The number of aromatic nitrogens is 3. The molecule has 4 rings (SSSR count). The van der Waals surface area contributed by atoms with Gasteiger partial charge in [-0.05, 0) is 52.9 Å². The molecule has 0 aliphatic rings. The van der Waals surface area contributed by atoms with Gasteiger partial charge in [-0.2, -0.15) is 0 Å². The molecule has 4 nitrogen and oxygen atoms in total. The van der Waals surface area contributed by atoms with E-state index >= 15 is 0 Å². The van der Waals surface area contributed by atoms with Crippen molar-refractivity contribution in [2.24, 2.45) is 0 Å². The van der Waals surface area contributed by atoms with Crippen LogP contribution in [0.15, 0.2) is 54.6 Å². The third kappa shape index (κ3) is 2.91. The molecule has 6 heteroatoms. The van der Waals surface area contributed by atoms with Crippen molar-refractivity contribution in [3.8, 4) is 27.6 Å². The quantitative estimate of drug-likeness (QED) is 0.467. The summed E-state index contributed by atoms with van der Waals surface area (Å²) >= 11 is 3.71. The molecule has 1 N–H and O–H groups in total. The van der Waals surface area contributed by atoms with Gasteiger partial charge in [-0.25, -0.2) is 4.98 Å². The average molecular weight is 431 g/mol. The van der Waals surface area contributed by atoms with Crippen molar-refractivity contribution in [3.05, 3.63) is 58.3 Å². The van der Waals surface area contributed by atoms with Crippen molar-refractivity contribution in [1.29, 1.82) is 0 Å². The Morgan fingerprint density at radius 3 is 2.39 bits per heavy atom. The first-order chi connectivity index (χ1) is 11.2. The van der Waals surface area contributed by atoms with Crippen LogP contribution in [0.3, 0.4) is 0 Å². The highest BCUT2D eigenvalue weighted by molar-refractivity contribution is 14.1. The maximum absolute atomic E-state index is 9.56. The Morgan fingerprint density at radius 1 is 0.870 bits per heavy atom. The van der Waals surface area contributed by atoms with Crippen LogP contribution in [-0.4, -0.2) is 20.3 Å². The highest BCUT2D eigenvalue weighted by Gasteiger charge is 2.08. The number of hydrogen-bond acceptors (Lipinski definition) is 5. The first-order valence-electron chi connectivity index (χ1n) is 6.89. The molecule has 112 valence electrons. The van der Waals surface area contributed by atoms with Crippen LogP contribution in [0.5, 0.6) is 5.75 Å². The first kappa shape index (κ1) is 14.5. The van der Waals surface area contributed by atoms with Gasteiger partial charge in [0.2, 0.25) is 0 Å². The Kier molecular flexibility index (Phi) is 3.70. The van der Waals surface area contributed by atoms with Gasteiger partial charge in [-0.3, -0.25) is 0 Å². The van der Waals surface area contributed by atoms with E-state index in [9.17, 15) is 5.11 Å². The predicted octanol–water partition coefficient (Wildman–Crippen LogP) is 4.73. The monoisotopic (exact) mass is 431 g/mol. The van der Waals surface area contributed by atoms with Crippen LogP contribution in [0.4, 0.5) is 0 Å². The molecular weight excluding hydrogens is 421 g/mol. The minimum Gasteiger partial charge on any atom is -0.508 e. The normalized spacial score (nSPS) is 11.0. The number of hydrogen-bond donors (Lipinski definition) is 1. The van der Waals surface area contributed by atoms with Gasteiger partial charge >= 0.3 is 0 Å². The van der Waals surface area contributed by atoms with Gasteiger partial charge in [0, 0.05) is 11.1 Å². The number of aromatic hydroxyl groups is 1. The molecule has 0 saturated heterocycles. The Hall–Kier alpha value is -2.06. The summed E-state index contributed by atoms with van der Waals surface area (Å²) in [4.78, 5) is 4.62. The van der Waals surface area contributed by atoms with Crippen LogP contribution in [0.1, 0.15) is 0 Å². The van der Waals surface area contributed by atoms with Crippen molar-refractivity contribution >= 4 is 44.1 Å². The largest absolute Gasteiger partial charge is 0.508 e.